The Balaban J connectivity index is 1.66. The van der Waals surface area contributed by atoms with Crippen molar-refractivity contribution in [2.75, 3.05) is 0 Å². The van der Waals surface area contributed by atoms with E-state index >= 15 is 0 Å². The van der Waals surface area contributed by atoms with Gasteiger partial charge in [0.1, 0.15) is 23.5 Å². The van der Waals surface area contributed by atoms with Crippen LogP contribution in [0.3, 0.4) is 0 Å². The highest BCUT2D eigenvalue weighted by molar-refractivity contribution is 5.85. The second-order valence-corrected chi connectivity index (χ2v) is 8.15. The Bertz CT molecular complexity index is 1260. The summed E-state index contributed by atoms with van der Waals surface area (Å²) >= 11 is 0. The van der Waals surface area contributed by atoms with Crippen LogP contribution in [0.25, 0.3) is 11.0 Å². The Morgan fingerprint density at radius 2 is 1.50 bits per heavy atom. The van der Waals surface area contributed by atoms with Gasteiger partial charge < -0.3 is 9.88 Å². The molecular formula is C26H25F2N3O. The summed E-state index contributed by atoms with van der Waals surface area (Å²) in [6, 6.07) is 15.9. The van der Waals surface area contributed by atoms with Crippen LogP contribution in [0.2, 0.25) is 0 Å². The lowest BCUT2D eigenvalue weighted by molar-refractivity contribution is -0.124. The number of carbonyl (C=O) groups is 1. The molecule has 0 spiro atoms. The molecule has 4 aromatic rings. The van der Waals surface area contributed by atoms with Crippen LogP contribution in [0.5, 0.6) is 0 Å². The third-order valence-corrected chi connectivity index (χ3v) is 5.80. The summed E-state index contributed by atoms with van der Waals surface area (Å²) in [4.78, 5) is 17.9. The van der Waals surface area contributed by atoms with Gasteiger partial charge in [-0.15, -0.1) is 0 Å². The van der Waals surface area contributed by atoms with Crippen LogP contribution < -0.4 is 5.32 Å². The normalized spacial score (nSPS) is 12.2. The first-order valence-electron chi connectivity index (χ1n) is 10.6. The van der Waals surface area contributed by atoms with Gasteiger partial charge >= 0.3 is 0 Å². The highest BCUT2D eigenvalue weighted by Gasteiger charge is 2.22. The lowest BCUT2D eigenvalue weighted by Gasteiger charge is -2.18. The fourth-order valence-corrected chi connectivity index (χ4v) is 3.80. The molecule has 0 saturated heterocycles. The summed E-state index contributed by atoms with van der Waals surface area (Å²) in [7, 11) is 0. The van der Waals surface area contributed by atoms with Gasteiger partial charge in [-0.2, -0.15) is 0 Å². The van der Waals surface area contributed by atoms with E-state index in [1.54, 1.807) is 24.3 Å². The third kappa shape index (κ3) is 4.54. The van der Waals surface area contributed by atoms with Crippen molar-refractivity contribution in [2.45, 2.75) is 39.8 Å². The summed E-state index contributed by atoms with van der Waals surface area (Å²) < 4.78 is 28.4. The Morgan fingerprint density at radius 1 is 0.938 bits per heavy atom. The molecule has 164 valence electrons. The van der Waals surface area contributed by atoms with Crippen LogP contribution >= 0.6 is 0 Å². The number of amides is 1. The quantitative estimate of drug-likeness (QED) is 0.443. The highest BCUT2D eigenvalue weighted by atomic mass is 19.1. The van der Waals surface area contributed by atoms with Crippen LogP contribution in [-0.4, -0.2) is 15.5 Å². The smallest absolute Gasteiger partial charge is 0.243 e. The predicted octanol–water partition coefficient (Wildman–Crippen LogP) is 5.40. The van der Waals surface area contributed by atoms with Gasteiger partial charge in [0.2, 0.25) is 5.91 Å². The first-order valence-corrected chi connectivity index (χ1v) is 10.6. The summed E-state index contributed by atoms with van der Waals surface area (Å²) in [5.41, 5.74) is 5.68. The molecule has 6 heteroatoms. The van der Waals surface area contributed by atoms with E-state index in [4.69, 9.17) is 4.98 Å². The van der Waals surface area contributed by atoms with Crippen LogP contribution in [0, 0.1) is 25.5 Å². The number of hydrogen-bond acceptors (Lipinski definition) is 2. The fourth-order valence-electron chi connectivity index (χ4n) is 3.80. The topological polar surface area (TPSA) is 46.9 Å². The zero-order valence-electron chi connectivity index (χ0n) is 18.3. The van der Waals surface area contributed by atoms with Crippen molar-refractivity contribution in [3.8, 4) is 0 Å². The van der Waals surface area contributed by atoms with Crippen molar-refractivity contribution >= 4 is 16.9 Å². The van der Waals surface area contributed by atoms with Crippen molar-refractivity contribution in [1.82, 2.24) is 14.9 Å². The number of aromatic nitrogens is 2. The molecule has 0 radical (unpaired) electrons. The lowest BCUT2D eigenvalue weighted by atomic mass is 10.1. The van der Waals surface area contributed by atoms with Crippen LogP contribution in [0.15, 0.2) is 60.7 Å². The molecule has 0 aliphatic carbocycles. The molecule has 1 heterocycles. The number of aryl methyl sites for hydroxylation is 2. The number of hydrogen-bond donors (Lipinski definition) is 1. The second-order valence-electron chi connectivity index (χ2n) is 8.15. The standard InChI is InChI=1S/C26H25F2N3O/c1-16-12-23-24(13-17(16)2)31(25(30-23)14-19-4-8-21(27)9-5-19)18(3)26(32)29-15-20-6-10-22(28)11-7-20/h4-13,18H,14-15H2,1-3H3,(H,29,32)/t18-/m1/s1. The number of benzene rings is 3. The van der Waals surface area contributed by atoms with Gasteiger partial charge in [0, 0.05) is 13.0 Å². The third-order valence-electron chi connectivity index (χ3n) is 5.80. The van der Waals surface area contributed by atoms with E-state index in [1.807, 2.05) is 31.4 Å². The highest BCUT2D eigenvalue weighted by Crippen LogP contribution is 2.26. The van der Waals surface area contributed by atoms with Gasteiger partial charge in [-0.3, -0.25) is 4.79 Å². The van der Waals surface area contributed by atoms with Gasteiger partial charge in [0.05, 0.1) is 11.0 Å². The molecule has 4 nitrogen and oxygen atoms in total. The monoisotopic (exact) mass is 433 g/mol. The molecule has 0 aliphatic rings. The zero-order valence-corrected chi connectivity index (χ0v) is 18.3. The van der Waals surface area contributed by atoms with Crippen molar-refractivity contribution < 1.29 is 13.6 Å². The van der Waals surface area contributed by atoms with E-state index < -0.39 is 6.04 Å². The first kappa shape index (κ1) is 21.7. The maximum Gasteiger partial charge on any atom is 0.243 e. The number of halogens is 2. The van der Waals surface area contributed by atoms with Gasteiger partial charge in [-0.25, -0.2) is 13.8 Å². The number of nitrogens with zero attached hydrogens (tertiary/aromatic N) is 2. The van der Waals surface area contributed by atoms with Crippen molar-refractivity contribution in [2.24, 2.45) is 0 Å². The number of imidazole rings is 1. The maximum atomic E-state index is 13.3. The number of nitrogens with one attached hydrogen (secondary N) is 1. The Kier molecular flexibility index (Phi) is 6.04. The molecule has 3 aromatic carbocycles. The Morgan fingerprint density at radius 3 is 2.12 bits per heavy atom. The molecule has 0 fully saturated rings. The zero-order chi connectivity index (χ0) is 22.8. The van der Waals surface area contributed by atoms with Gasteiger partial charge in [-0.1, -0.05) is 24.3 Å². The average Bonchev–Trinajstić information content (AvgIpc) is 3.11. The molecule has 0 bridgehead atoms. The SMILES string of the molecule is Cc1cc2nc(Cc3ccc(F)cc3)n([C@H](C)C(=O)NCc3ccc(F)cc3)c2cc1C. The minimum absolute atomic E-state index is 0.160. The molecule has 0 unspecified atom stereocenters. The molecule has 1 N–H and O–H groups in total. The van der Waals surface area contributed by atoms with E-state index in [0.717, 1.165) is 39.1 Å². The molecule has 1 aromatic heterocycles. The van der Waals surface area contributed by atoms with Crippen LogP contribution in [0.1, 0.15) is 41.0 Å². The van der Waals surface area contributed by atoms with E-state index in [1.165, 1.54) is 24.3 Å². The maximum absolute atomic E-state index is 13.3. The minimum Gasteiger partial charge on any atom is -0.350 e. The number of fused-ring (bicyclic) bond motifs is 1. The van der Waals surface area contributed by atoms with E-state index in [0.29, 0.717) is 13.0 Å². The van der Waals surface area contributed by atoms with E-state index in [9.17, 15) is 13.6 Å². The Hall–Kier alpha value is -3.54. The molecule has 1 amide bonds. The van der Waals surface area contributed by atoms with E-state index in [2.05, 4.69) is 11.4 Å². The number of rotatable bonds is 6. The predicted molar refractivity (Wildman–Crippen MR) is 121 cm³/mol. The fraction of sp³-hybridized carbons (Fsp3) is 0.231. The summed E-state index contributed by atoms with van der Waals surface area (Å²) in [5, 5.41) is 2.94. The van der Waals surface area contributed by atoms with E-state index in [-0.39, 0.29) is 17.5 Å². The summed E-state index contributed by atoms with van der Waals surface area (Å²) in [6.07, 6.45) is 0.475. The van der Waals surface area contributed by atoms with Gasteiger partial charge in [-0.05, 0) is 79.4 Å². The Labute approximate surface area is 185 Å². The molecule has 32 heavy (non-hydrogen) atoms. The molecule has 0 aliphatic heterocycles. The second kappa shape index (κ2) is 8.91. The largest absolute Gasteiger partial charge is 0.350 e. The summed E-state index contributed by atoms with van der Waals surface area (Å²) in [6.45, 7) is 6.21. The number of carbonyl (C=O) groups excluding carboxylic acids is 1. The average molecular weight is 434 g/mol. The van der Waals surface area contributed by atoms with Gasteiger partial charge in [0.25, 0.3) is 0 Å². The summed E-state index contributed by atoms with van der Waals surface area (Å²) in [5.74, 6) is -0.0234. The van der Waals surface area contributed by atoms with Gasteiger partial charge in [0.15, 0.2) is 0 Å². The molecular weight excluding hydrogens is 408 g/mol. The van der Waals surface area contributed by atoms with Crippen LogP contribution in [-0.2, 0) is 17.8 Å². The van der Waals surface area contributed by atoms with Crippen molar-refractivity contribution in [1.29, 1.82) is 0 Å². The van der Waals surface area contributed by atoms with Crippen LogP contribution in [0.4, 0.5) is 8.78 Å². The van der Waals surface area contributed by atoms with Crippen molar-refractivity contribution in [3.05, 3.63) is 100 Å². The lowest BCUT2D eigenvalue weighted by Crippen LogP contribution is -2.31. The van der Waals surface area contributed by atoms with Crippen molar-refractivity contribution in [3.63, 3.8) is 0 Å². The molecule has 4 rings (SSSR count). The first-order chi connectivity index (χ1) is 15.3. The molecule has 1 atom stereocenters. The minimum atomic E-state index is -0.516. The molecule has 0 saturated carbocycles.